The molecular formula is C18H19ClF6N4O. The zero-order valence-corrected chi connectivity index (χ0v) is 16.3. The van der Waals surface area contributed by atoms with Gasteiger partial charge in [-0.25, -0.2) is 0 Å². The Morgan fingerprint density at radius 1 is 1.13 bits per heavy atom. The molecule has 2 fully saturated rings. The summed E-state index contributed by atoms with van der Waals surface area (Å²) in [4.78, 5) is 14.1. The van der Waals surface area contributed by atoms with E-state index < -0.39 is 47.4 Å². The molecule has 1 aromatic carbocycles. The fraction of sp³-hybridized carbons (Fsp3) is 0.556. The maximum Gasteiger partial charge on any atom is 0.417 e. The number of carbonyl (C=O) groups is 1. The minimum absolute atomic E-state index is 0. The van der Waals surface area contributed by atoms with Gasteiger partial charge in [0.1, 0.15) is 6.04 Å². The first kappa shape index (κ1) is 24.2. The van der Waals surface area contributed by atoms with Gasteiger partial charge in [0.15, 0.2) is 0 Å². The van der Waals surface area contributed by atoms with Gasteiger partial charge in [0.2, 0.25) is 5.91 Å². The summed E-state index contributed by atoms with van der Waals surface area (Å²) in [6.45, 7) is 1.76. The summed E-state index contributed by atoms with van der Waals surface area (Å²) in [5, 5.41) is 14.2. The Labute approximate surface area is 174 Å². The summed E-state index contributed by atoms with van der Waals surface area (Å²) in [5.41, 5.74) is -2.15. The Morgan fingerprint density at radius 3 is 2.30 bits per heavy atom. The number of carbonyl (C=O) groups excluding carboxylic acids is 1. The third kappa shape index (κ3) is 4.99. The summed E-state index contributed by atoms with van der Waals surface area (Å²) in [6, 6.07) is 0.655. The molecule has 5 nitrogen and oxygen atoms in total. The van der Waals surface area contributed by atoms with Gasteiger partial charge in [-0.2, -0.15) is 31.6 Å². The number of benzene rings is 1. The van der Waals surface area contributed by atoms with Crippen molar-refractivity contribution in [2.45, 2.75) is 36.8 Å². The molecule has 0 aliphatic carbocycles. The van der Waals surface area contributed by atoms with Gasteiger partial charge in [-0.1, -0.05) is 6.07 Å². The van der Waals surface area contributed by atoms with E-state index in [4.69, 9.17) is 5.26 Å². The van der Waals surface area contributed by atoms with Gasteiger partial charge in [-0.05, 0) is 24.1 Å². The second-order valence-corrected chi connectivity index (χ2v) is 7.07. The fourth-order valence-electron chi connectivity index (χ4n) is 3.84. The SMILES string of the molecule is Cl.N#Cc1ccc(C2C[C@@H](C(=O)N3CCNCC3)N[C@H]2C(F)(F)F)cc1C(F)(F)F. The summed E-state index contributed by atoms with van der Waals surface area (Å²) in [6.07, 6.45) is -9.91. The molecule has 2 N–H and O–H groups in total. The van der Waals surface area contributed by atoms with Gasteiger partial charge < -0.3 is 10.2 Å². The van der Waals surface area contributed by atoms with Gasteiger partial charge >= 0.3 is 12.4 Å². The van der Waals surface area contributed by atoms with Gasteiger partial charge in [-0.3, -0.25) is 10.1 Å². The second-order valence-electron chi connectivity index (χ2n) is 7.07. The topological polar surface area (TPSA) is 68.2 Å². The molecule has 0 bridgehead atoms. The summed E-state index contributed by atoms with van der Waals surface area (Å²) in [5.74, 6) is -1.87. The lowest BCUT2D eigenvalue weighted by Crippen LogP contribution is -2.53. The average Bonchev–Trinajstić information content (AvgIpc) is 3.13. The molecular weight excluding hydrogens is 438 g/mol. The number of nitrogens with one attached hydrogen (secondary N) is 2. The van der Waals surface area contributed by atoms with E-state index in [-0.39, 0.29) is 24.4 Å². The first-order chi connectivity index (χ1) is 13.5. The highest BCUT2D eigenvalue weighted by molar-refractivity contribution is 5.85. The molecule has 166 valence electrons. The summed E-state index contributed by atoms with van der Waals surface area (Å²) < 4.78 is 80.4. The van der Waals surface area contributed by atoms with Crippen LogP contribution in [0.25, 0.3) is 0 Å². The van der Waals surface area contributed by atoms with Crippen LogP contribution in [0.3, 0.4) is 0 Å². The summed E-state index contributed by atoms with van der Waals surface area (Å²) in [7, 11) is 0. The number of amides is 1. The van der Waals surface area contributed by atoms with Gasteiger partial charge in [0, 0.05) is 32.1 Å². The molecule has 0 saturated carbocycles. The normalized spacial score (nSPS) is 24.8. The van der Waals surface area contributed by atoms with Gasteiger partial charge in [0.05, 0.1) is 23.2 Å². The Kier molecular flexibility index (Phi) is 7.27. The highest BCUT2D eigenvalue weighted by atomic mass is 35.5. The van der Waals surface area contributed by atoms with Crippen LogP contribution in [0.2, 0.25) is 0 Å². The van der Waals surface area contributed by atoms with Crippen LogP contribution in [0.15, 0.2) is 18.2 Å². The number of nitriles is 1. The molecule has 0 radical (unpaired) electrons. The van der Waals surface area contributed by atoms with Crippen molar-refractivity contribution >= 4 is 18.3 Å². The second kappa shape index (κ2) is 8.99. The number of hydrogen-bond acceptors (Lipinski definition) is 4. The Hall–Kier alpha value is -2.03. The van der Waals surface area contributed by atoms with Crippen LogP contribution in [-0.2, 0) is 11.0 Å². The van der Waals surface area contributed by atoms with E-state index in [1.807, 2.05) is 0 Å². The van der Waals surface area contributed by atoms with E-state index in [1.54, 1.807) is 0 Å². The monoisotopic (exact) mass is 456 g/mol. The molecule has 1 unspecified atom stereocenters. The fourth-order valence-corrected chi connectivity index (χ4v) is 3.84. The smallest absolute Gasteiger partial charge is 0.339 e. The number of piperazine rings is 1. The van der Waals surface area contributed by atoms with E-state index in [0.29, 0.717) is 32.2 Å². The number of halogens is 7. The Balaban J connectivity index is 0.00000320. The lowest BCUT2D eigenvalue weighted by molar-refractivity contribution is -0.156. The zero-order valence-electron chi connectivity index (χ0n) is 15.5. The van der Waals surface area contributed by atoms with Crippen LogP contribution in [-0.4, -0.2) is 55.2 Å². The predicted molar refractivity (Wildman–Crippen MR) is 97.0 cm³/mol. The van der Waals surface area contributed by atoms with Crippen molar-refractivity contribution in [2.75, 3.05) is 26.2 Å². The van der Waals surface area contributed by atoms with Gasteiger partial charge in [0.25, 0.3) is 0 Å². The van der Waals surface area contributed by atoms with Crippen molar-refractivity contribution in [3.8, 4) is 6.07 Å². The summed E-state index contributed by atoms with van der Waals surface area (Å²) >= 11 is 0. The van der Waals surface area contributed by atoms with Crippen LogP contribution >= 0.6 is 12.4 Å². The number of alkyl halides is 6. The average molecular weight is 457 g/mol. The van der Waals surface area contributed by atoms with E-state index in [1.165, 1.54) is 11.0 Å². The van der Waals surface area contributed by atoms with E-state index in [0.717, 1.165) is 12.1 Å². The molecule has 2 aliphatic rings. The van der Waals surface area contributed by atoms with Crippen molar-refractivity contribution < 1.29 is 31.1 Å². The minimum atomic E-state index is -4.88. The Bertz CT molecular complexity index is 816. The highest BCUT2D eigenvalue weighted by Crippen LogP contribution is 2.42. The predicted octanol–water partition coefficient (Wildman–Crippen LogP) is 2.81. The molecule has 1 amide bonds. The van der Waals surface area contributed by atoms with Crippen molar-refractivity contribution in [3.05, 3.63) is 34.9 Å². The number of rotatable bonds is 2. The first-order valence-electron chi connectivity index (χ1n) is 8.96. The molecule has 3 rings (SSSR count). The maximum absolute atomic E-state index is 13.6. The maximum atomic E-state index is 13.6. The largest absolute Gasteiger partial charge is 0.417 e. The Morgan fingerprint density at radius 2 is 1.77 bits per heavy atom. The molecule has 3 atom stereocenters. The van der Waals surface area contributed by atoms with Crippen molar-refractivity contribution in [2.24, 2.45) is 0 Å². The lowest BCUT2D eigenvalue weighted by atomic mass is 9.88. The number of nitrogens with zero attached hydrogens (tertiary/aromatic N) is 2. The zero-order chi connectivity index (χ0) is 21.4. The molecule has 0 spiro atoms. The molecule has 12 heteroatoms. The molecule has 2 heterocycles. The van der Waals surface area contributed by atoms with Crippen LogP contribution < -0.4 is 10.6 Å². The standard InChI is InChI=1S/C18H18F6N4O.ClH/c19-17(20,21)13-7-10(1-2-11(13)9-25)12-8-14(27-15(12)18(22,23)24)16(29)28-5-3-26-4-6-28;/h1-2,7,12,14-15,26-27H,3-6,8H2;1H/t12?,14-,15+;/m0./s1. The molecule has 0 aromatic heterocycles. The third-order valence-electron chi connectivity index (χ3n) is 5.25. The van der Waals surface area contributed by atoms with Crippen molar-refractivity contribution in [1.29, 1.82) is 5.26 Å². The van der Waals surface area contributed by atoms with Crippen molar-refractivity contribution in [1.82, 2.24) is 15.5 Å². The van der Waals surface area contributed by atoms with Crippen LogP contribution in [0, 0.1) is 11.3 Å². The lowest BCUT2D eigenvalue weighted by Gasteiger charge is -2.30. The van der Waals surface area contributed by atoms with E-state index in [2.05, 4.69) is 10.6 Å². The quantitative estimate of drug-likeness (QED) is 0.672. The molecule has 2 aliphatic heterocycles. The molecule has 2 saturated heterocycles. The molecule has 1 aromatic rings. The molecule has 30 heavy (non-hydrogen) atoms. The van der Waals surface area contributed by atoms with Crippen LogP contribution in [0.5, 0.6) is 0 Å². The van der Waals surface area contributed by atoms with Gasteiger partial charge in [-0.15, -0.1) is 12.4 Å². The van der Waals surface area contributed by atoms with Crippen molar-refractivity contribution in [3.63, 3.8) is 0 Å². The highest BCUT2D eigenvalue weighted by Gasteiger charge is 2.52. The number of hydrogen-bond donors (Lipinski definition) is 2. The van der Waals surface area contributed by atoms with Crippen LogP contribution in [0.1, 0.15) is 29.0 Å². The minimum Gasteiger partial charge on any atom is -0.339 e. The van der Waals surface area contributed by atoms with Crippen LogP contribution in [0.4, 0.5) is 26.3 Å². The van der Waals surface area contributed by atoms with E-state index >= 15 is 0 Å². The third-order valence-corrected chi connectivity index (χ3v) is 5.25. The van der Waals surface area contributed by atoms with E-state index in [9.17, 15) is 31.1 Å². The first-order valence-corrected chi connectivity index (χ1v) is 8.96.